The van der Waals surface area contributed by atoms with Crippen molar-refractivity contribution in [1.29, 1.82) is 0 Å². The molecule has 0 aliphatic carbocycles. The van der Waals surface area contributed by atoms with Crippen molar-refractivity contribution in [2.75, 3.05) is 57.2 Å². The molecule has 1 amide bonds. The molecule has 4 rings (SSSR count). The fourth-order valence-corrected chi connectivity index (χ4v) is 4.38. The van der Waals surface area contributed by atoms with Crippen LogP contribution < -0.4 is 19.1 Å². The Morgan fingerprint density at radius 3 is 2.59 bits per heavy atom. The predicted molar refractivity (Wildman–Crippen MR) is 115 cm³/mol. The van der Waals surface area contributed by atoms with E-state index in [1.165, 1.54) is 0 Å². The Kier molecular flexibility index (Phi) is 6.34. The van der Waals surface area contributed by atoms with Crippen LogP contribution in [0, 0.1) is 0 Å². The summed E-state index contributed by atoms with van der Waals surface area (Å²) in [6.45, 7) is 4.40. The van der Waals surface area contributed by atoms with E-state index in [-0.39, 0.29) is 5.91 Å². The molecule has 2 heterocycles. The Bertz CT molecular complexity index is 852. The van der Waals surface area contributed by atoms with Gasteiger partial charge in [-0.1, -0.05) is 12.1 Å². The monoisotopic (exact) mass is 414 g/mol. The summed E-state index contributed by atoms with van der Waals surface area (Å²) in [7, 11) is 1.69. The third kappa shape index (κ3) is 4.72. The van der Waals surface area contributed by atoms with Crippen LogP contribution >= 0.6 is 11.8 Å². The average molecular weight is 415 g/mol. The summed E-state index contributed by atoms with van der Waals surface area (Å²) in [5.74, 6) is 3.02. The molecule has 6 nitrogen and oxygen atoms in total. The molecule has 7 heteroatoms. The molecule has 29 heavy (non-hydrogen) atoms. The molecule has 2 aromatic carbocycles. The third-order valence-corrected chi connectivity index (χ3v) is 6.12. The number of thioether (sulfide) groups is 1. The van der Waals surface area contributed by atoms with E-state index in [0.717, 1.165) is 60.4 Å². The van der Waals surface area contributed by atoms with Crippen LogP contribution in [0.1, 0.15) is 6.42 Å². The van der Waals surface area contributed by atoms with Crippen molar-refractivity contribution in [3.8, 4) is 17.2 Å². The molecule has 2 aliphatic heterocycles. The minimum Gasteiger partial charge on any atom is -0.495 e. The second-order valence-corrected chi connectivity index (χ2v) is 8.04. The Hall–Kier alpha value is -2.54. The minimum absolute atomic E-state index is 0.168. The quantitative estimate of drug-likeness (QED) is 0.700. The Balaban J connectivity index is 1.30. The second-order valence-electron chi connectivity index (χ2n) is 6.99. The number of fused-ring (bicyclic) bond motifs is 1. The van der Waals surface area contributed by atoms with Gasteiger partial charge >= 0.3 is 0 Å². The van der Waals surface area contributed by atoms with Gasteiger partial charge in [0.15, 0.2) is 11.5 Å². The van der Waals surface area contributed by atoms with Crippen LogP contribution in [0.2, 0.25) is 0 Å². The van der Waals surface area contributed by atoms with Gasteiger partial charge in [-0.15, -0.1) is 11.8 Å². The molecule has 0 unspecified atom stereocenters. The number of ether oxygens (including phenoxy) is 3. The summed E-state index contributed by atoms with van der Waals surface area (Å²) >= 11 is 1.54. The first-order chi connectivity index (χ1) is 14.2. The molecule has 2 aliphatic rings. The number of nitrogens with zero attached hydrogens (tertiary/aromatic N) is 2. The highest BCUT2D eigenvalue weighted by atomic mass is 32.2. The van der Waals surface area contributed by atoms with Crippen LogP contribution in [-0.2, 0) is 4.79 Å². The lowest BCUT2D eigenvalue weighted by Gasteiger charge is -2.36. The summed E-state index contributed by atoms with van der Waals surface area (Å²) in [5.41, 5.74) is 1.09. The number of hydrogen-bond acceptors (Lipinski definition) is 6. The van der Waals surface area contributed by atoms with Crippen LogP contribution in [0.25, 0.3) is 0 Å². The summed E-state index contributed by atoms with van der Waals surface area (Å²) < 4.78 is 16.9. The summed E-state index contributed by atoms with van der Waals surface area (Å²) in [6.07, 6.45) is 0.885. The number of methoxy groups -OCH3 is 1. The van der Waals surface area contributed by atoms with Crippen molar-refractivity contribution in [2.24, 2.45) is 0 Å². The Morgan fingerprint density at radius 1 is 1.03 bits per heavy atom. The normalized spacial score (nSPS) is 16.3. The highest BCUT2D eigenvalue weighted by Gasteiger charge is 2.23. The fourth-order valence-electron chi connectivity index (χ4n) is 3.56. The zero-order valence-electron chi connectivity index (χ0n) is 16.6. The fraction of sp³-hybridized carbons (Fsp3) is 0.409. The van der Waals surface area contributed by atoms with E-state index in [4.69, 9.17) is 14.2 Å². The molecule has 2 aromatic rings. The minimum atomic E-state index is 0.168. The van der Waals surface area contributed by atoms with Gasteiger partial charge in [-0.2, -0.15) is 0 Å². The van der Waals surface area contributed by atoms with Gasteiger partial charge in [-0.3, -0.25) is 4.79 Å². The number of carbonyl (C=O) groups excluding carboxylic acids is 1. The van der Waals surface area contributed by atoms with Crippen LogP contribution in [-0.4, -0.2) is 63.1 Å². The highest BCUT2D eigenvalue weighted by molar-refractivity contribution is 8.00. The topological polar surface area (TPSA) is 51.2 Å². The molecule has 1 fully saturated rings. The zero-order chi connectivity index (χ0) is 20.1. The first kappa shape index (κ1) is 19.8. The lowest BCUT2D eigenvalue weighted by Crippen LogP contribution is -2.49. The van der Waals surface area contributed by atoms with E-state index < -0.39 is 0 Å². The number of rotatable bonds is 5. The standard InChI is InChI=1S/C22H26N2O4S/c1-26-19-6-3-2-5-18(19)23-9-11-24(12-10-23)22(25)16-29-17-7-8-20-21(15-17)28-14-4-13-27-20/h2-3,5-8,15H,4,9-14,16H2,1H3. The van der Waals surface area contributed by atoms with Crippen molar-refractivity contribution in [3.63, 3.8) is 0 Å². The summed E-state index contributed by atoms with van der Waals surface area (Å²) in [4.78, 5) is 17.9. The van der Waals surface area contributed by atoms with Gasteiger partial charge in [0.2, 0.25) is 5.91 Å². The van der Waals surface area contributed by atoms with E-state index in [1.807, 2.05) is 41.3 Å². The van der Waals surface area contributed by atoms with Crippen molar-refractivity contribution >= 4 is 23.4 Å². The van der Waals surface area contributed by atoms with Crippen molar-refractivity contribution in [1.82, 2.24) is 4.90 Å². The number of anilines is 1. The lowest BCUT2D eigenvalue weighted by atomic mass is 10.2. The highest BCUT2D eigenvalue weighted by Crippen LogP contribution is 2.34. The largest absolute Gasteiger partial charge is 0.495 e. The number of carbonyl (C=O) groups is 1. The molecule has 0 saturated carbocycles. The zero-order valence-corrected chi connectivity index (χ0v) is 17.5. The number of amides is 1. The second kappa shape index (κ2) is 9.31. The van der Waals surface area contributed by atoms with E-state index in [2.05, 4.69) is 11.0 Å². The van der Waals surface area contributed by atoms with Gasteiger partial charge in [0.1, 0.15) is 5.75 Å². The maximum absolute atomic E-state index is 12.7. The molecule has 0 aromatic heterocycles. The molecule has 154 valence electrons. The number of para-hydroxylation sites is 2. The Labute approximate surface area is 175 Å². The van der Waals surface area contributed by atoms with Gasteiger partial charge < -0.3 is 24.0 Å². The molecular formula is C22H26N2O4S. The van der Waals surface area contributed by atoms with Gasteiger partial charge in [0.05, 0.1) is 31.8 Å². The first-order valence-electron chi connectivity index (χ1n) is 9.93. The van der Waals surface area contributed by atoms with Crippen LogP contribution in [0.3, 0.4) is 0 Å². The molecule has 1 saturated heterocycles. The molecule has 0 spiro atoms. The molecule has 0 radical (unpaired) electrons. The van der Waals surface area contributed by atoms with Crippen LogP contribution in [0.4, 0.5) is 5.69 Å². The molecule has 0 bridgehead atoms. The number of benzene rings is 2. The summed E-state index contributed by atoms with van der Waals surface area (Å²) in [5, 5.41) is 0. The van der Waals surface area contributed by atoms with Crippen molar-refractivity contribution in [3.05, 3.63) is 42.5 Å². The molecular weight excluding hydrogens is 388 g/mol. The number of piperazine rings is 1. The van der Waals surface area contributed by atoms with Crippen LogP contribution in [0.15, 0.2) is 47.4 Å². The summed E-state index contributed by atoms with van der Waals surface area (Å²) in [6, 6.07) is 13.9. The number of hydrogen-bond donors (Lipinski definition) is 0. The van der Waals surface area contributed by atoms with E-state index in [9.17, 15) is 4.79 Å². The van der Waals surface area contributed by atoms with Crippen molar-refractivity contribution in [2.45, 2.75) is 11.3 Å². The van der Waals surface area contributed by atoms with Crippen LogP contribution in [0.5, 0.6) is 17.2 Å². The molecule has 0 N–H and O–H groups in total. The maximum atomic E-state index is 12.7. The molecule has 0 atom stereocenters. The van der Waals surface area contributed by atoms with Gasteiger partial charge in [-0.05, 0) is 30.3 Å². The van der Waals surface area contributed by atoms with Gasteiger partial charge in [0.25, 0.3) is 0 Å². The maximum Gasteiger partial charge on any atom is 0.233 e. The van der Waals surface area contributed by atoms with E-state index in [1.54, 1.807) is 18.9 Å². The van der Waals surface area contributed by atoms with E-state index in [0.29, 0.717) is 19.0 Å². The third-order valence-electron chi connectivity index (χ3n) is 5.14. The predicted octanol–water partition coefficient (Wildman–Crippen LogP) is 3.30. The average Bonchev–Trinajstić information content (AvgIpc) is 3.02. The smallest absolute Gasteiger partial charge is 0.233 e. The van der Waals surface area contributed by atoms with Gasteiger partial charge in [0, 0.05) is 37.5 Å². The van der Waals surface area contributed by atoms with Gasteiger partial charge in [-0.25, -0.2) is 0 Å². The first-order valence-corrected chi connectivity index (χ1v) is 10.9. The van der Waals surface area contributed by atoms with Crippen molar-refractivity contribution < 1.29 is 19.0 Å². The van der Waals surface area contributed by atoms with E-state index >= 15 is 0 Å². The lowest BCUT2D eigenvalue weighted by molar-refractivity contribution is -0.128. The SMILES string of the molecule is COc1ccccc1N1CCN(C(=O)CSc2ccc3c(c2)OCCCO3)CC1. The Morgan fingerprint density at radius 2 is 1.79 bits per heavy atom.